The first-order valence-electron chi connectivity index (χ1n) is 16.9. The third-order valence-corrected chi connectivity index (χ3v) is 10.2. The Morgan fingerprint density at radius 3 is 2.49 bits per heavy atom. The van der Waals surface area contributed by atoms with Gasteiger partial charge in [-0.3, -0.25) is 14.5 Å². The molecule has 10 nitrogen and oxygen atoms in total. The molecule has 3 aliphatic rings. The number of nitrogens with zero attached hydrogens (tertiary/aromatic N) is 4. The van der Waals surface area contributed by atoms with E-state index in [2.05, 4.69) is 35.5 Å². The highest BCUT2D eigenvalue weighted by molar-refractivity contribution is 5.79. The lowest BCUT2D eigenvalue weighted by molar-refractivity contribution is -0.128. The molecule has 2 saturated carbocycles. The standard InChI is InChI=1S/C36H46FN5O5/c1-23-17-27(9-12-33(23)46-2)24-3-5-25(6-4-24)34(32-18-28(13-15-38-32)29-19-39-42(20-29)16-14-37)40-35(44)26-7-10-31(11-8-26)47-36(45)41-21-30(43)22-41/h9,12-13,15,17-20,24-26,30-31,34,43H,3-8,10-11,14,16,21-22H2,1-2H3,(H,40,44). The number of carbonyl (C=O) groups excluding carboxylic acids is 2. The summed E-state index contributed by atoms with van der Waals surface area (Å²) in [6.07, 6.45) is 10.8. The lowest BCUT2D eigenvalue weighted by Crippen LogP contribution is -2.54. The molecular weight excluding hydrogens is 601 g/mol. The lowest BCUT2D eigenvalue weighted by Gasteiger charge is -2.37. The number of aryl methyl sites for hydroxylation is 2. The fourth-order valence-corrected chi connectivity index (χ4v) is 7.43. The normalized spacial score (nSPS) is 23.9. The van der Waals surface area contributed by atoms with Gasteiger partial charge in [0, 0.05) is 23.9 Å². The van der Waals surface area contributed by atoms with E-state index >= 15 is 0 Å². The number of aliphatic hydroxyl groups is 1. The van der Waals surface area contributed by atoms with E-state index in [1.54, 1.807) is 24.2 Å². The summed E-state index contributed by atoms with van der Waals surface area (Å²) in [5.41, 5.74) is 5.09. The predicted octanol–water partition coefficient (Wildman–Crippen LogP) is 5.73. The number of hydrogen-bond donors (Lipinski definition) is 2. The van der Waals surface area contributed by atoms with Crippen LogP contribution in [0.4, 0.5) is 9.18 Å². The van der Waals surface area contributed by atoms with Gasteiger partial charge >= 0.3 is 6.09 Å². The monoisotopic (exact) mass is 647 g/mol. The number of alkyl halides is 1. The largest absolute Gasteiger partial charge is 0.496 e. The molecule has 0 spiro atoms. The molecule has 3 heterocycles. The number of amides is 2. The lowest BCUT2D eigenvalue weighted by atomic mass is 9.74. The molecule has 2 amide bonds. The summed E-state index contributed by atoms with van der Waals surface area (Å²) in [6, 6.07) is 10.2. The maximum Gasteiger partial charge on any atom is 0.410 e. The Morgan fingerprint density at radius 2 is 1.81 bits per heavy atom. The van der Waals surface area contributed by atoms with Gasteiger partial charge in [0.25, 0.3) is 0 Å². The number of benzene rings is 1. The summed E-state index contributed by atoms with van der Waals surface area (Å²) >= 11 is 0. The summed E-state index contributed by atoms with van der Waals surface area (Å²) in [4.78, 5) is 32.4. The van der Waals surface area contributed by atoms with Gasteiger partial charge in [0.2, 0.25) is 5.91 Å². The number of rotatable bonds is 10. The van der Waals surface area contributed by atoms with Crippen molar-refractivity contribution in [2.45, 2.75) is 89.0 Å². The number of likely N-dealkylation sites (tertiary alicyclic amines) is 1. The maximum absolute atomic E-state index is 13.8. The van der Waals surface area contributed by atoms with E-state index in [0.29, 0.717) is 44.7 Å². The molecule has 252 valence electrons. The first-order valence-corrected chi connectivity index (χ1v) is 16.9. The van der Waals surface area contributed by atoms with Gasteiger partial charge in [0.05, 0.1) is 50.8 Å². The average molecular weight is 648 g/mol. The Morgan fingerprint density at radius 1 is 1.04 bits per heavy atom. The highest BCUT2D eigenvalue weighted by atomic mass is 19.1. The van der Waals surface area contributed by atoms with E-state index in [1.165, 1.54) is 10.5 Å². The average Bonchev–Trinajstić information content (AvgIpc) is 3.55. The number of pyridine rings is 1. The summed E-state index contributed by atoms with van der Waals surface area (Å²) in [5, 5.41) is 17.2. The highest BCUT2D eigenvalue weighted by Crippen LogP contribution is 2.42. The zero-order chi connectivity index (χ0) is 32.9. The molecule has 1 aromatic carbocycles. The van der Waals surface area contributed by atoms with E-state index in [1.807, 2.05) is 18.3 Å². The first-order chi connectivity index (χ1) is 22.8. The fraction of sp³-hybridized carbons (Fsp3) is 0.556. The summed E-state index contributed by atoms with van der Waals surface area (Å²) < 4.78 is 25.6. The van der Waals surface area contributed by atoms with Crippen molar-refractivity contribution in [1.29, 1.82) is 0 Å². The number of aromatic nitrogens is 3. The van der Waals surface area contributed by atoms with Crippen molar-refractivity contribution >= 4 is 12.0 Å². The van der Waals surface area contributed by atoms with Crippen molar-refractivity contribution in [3.63, 3.8) is 0 Å². The smallest absolute Gasteiger partial charge is 0.410 e. The molecule has 1 aliphatic heterocycles. The van der Waals surface area contributed by atoms with Crippen LogP contribution in [-0.4, -0.2) is 75.9 Å². The quantitative estimate of drug-likeness (QED) is 0.288. The van der Waals surface area contributed by atoms with Gasteiger partial charge in [-0.15, -0.1) is 0 Å². The van der Waals surface area contributed by atoms with Gasteiger partial charge in [-0.1, -0.05) is 12.1 Å². The van der Waals surface area contributed by atoms with Crippen LogP contribution in [-0.2, 0) is 16.1 Å². The second-order valence-electron chi connectivity index (χ2n) is 13.4. The zero-order valence-electron chi connectivity index (χ0n) is 27.3. The summed E-state index contributed by atoms with van der Waals surface area (Å²) in [5.74, 6) is 1.41. The minimum atomic E-state index is -0.484. The van der Waals surface area contributed by atoms with Crippen molar-refractivity contribution in [2.75, 3.05) is 26.9 Å². The molecule has 1 atom stereocenters. The second kappa shape index (κ2) is 14.8. The van der Waals surface area contributed by atoms with Gasteiger partial charge < -0.3 is 24.8 Å². The van der Waals surface area contributed by atoms with E-state index in [-0.39, 0.29) is 42.5 Å². The molecule has 0 bridgehead atoms. The Bertz CT molecular complexity index is 1530. The number of carbonyl (C=O) groups is 2. The third-order valence-electron chi connectivity index (χ3n) is 10.2. The number of hydrogen-bond acceptors (Lipinski definition) is 7. The topological polar surface area (TPSA) is 119 Å². The molecule has 0 radical (unpaired) electrons. The zero-order valence-corrected chi connectivity index (χ0v) is 27.3. The first kappa shape index (κ1) is 32.9. The predicted molar refractivity (Wildman–Crippen MR) is 175 cm³/mol. The van der Waals surface area contributed by atoms with Gasteiger partial charge in [0.1, 0.15) is 18.5 Å². The Kier molecular flexibility index (Phi) is 10.4. The molecule has 3 aromatic rings. The van der Waals surface area contributed by atoms with Gasteiger partial charge in [-0.2, -0.15) is 5.10 Å². The molecule has 6 rings (SSSR count). The SMILES string of the molecule is COc1ccc(C2CCC(C(NC(=O)C3CCC(OC(=O)N4CC(O)C4)CC3)c3cc(-c4cnn(CCF)c4)ccn3)CC2)cc1C. The van der Waals surface area contributed by atoms with Crippen LogP contribution >= 0.6 is 0 Å². The molecule has 1 saturated heterocycles. The molecular formula is C36H46FN5O5. The van der Waals surface area contributed by atoms with Crippen molar-refractivity contribution in [2.24, 2.45) is 11.8 Å². The van der Waals surface area contributed by atoms with Crippen LogP contribution in [0.3, 0.4) is 0 Å². The van der Waals surface area contributed by atoms with Crippen LogP contribution in [0.1, 0.15) is 80.1 Å². The van der Waals surface area contributed by atoms with Gasteiger partial charge in [-0.05, 0) is 105 Å². The van der Waals surface area contributed by atoms with Crippen LogP contribution < -0.4 is 10.1 Å². The molecule has 2 aromatic heterocycles. The second-order valence-corrected chi connectivity index (χ2v) is 13.4. The maximum atomic E-state index is 13.8. The van der Waals surface area contributed by atoms with Crippen molar-refractivity contribution in [1.82, 2.24) is 25.0 Å². The van der Waals surface area contributed by atoms with Gasteiger partial charge in [0.15, 0.2) is 0 Å². The number of nitrogens with one attached hydrogen (secondary N) is 1. The molecule has 2 aliphatic carbocycles. The van der Waals surface area contributed by atoms with E-state index < -0.39 is 12.8 Å². The third kappa shape index (κ3) is 7.77. The van der Waals surface area contributed by atoms with Gasteiger partial charge in [-0.25, -0.2) is 9.18 Å². The van der Waals surface area contributed by atoms with E-state index in [0.717, 1.165) is 53.8 Å². The Hall–Kier alpha value is -3.99. The van der Waals surface area contributed by atoms with Crippen molar-refractivity contribution < 1.29 is 28.6 Å². The number of β-amino-alcohol motifs (C(OH)–C–C–N with tert-alkyl or cyclic N) is 1. The molecule has 11 heteroatoms. The van der Waals surface area contributed by atoms with Crippen LogP contribution in [0.5, 0.6) is 5.75 Å². The minimum absolute atomic E-state index is 0.0153. The van der Waals surface area contributed by atoms with Crippen LogP contribution in [0.25, 0.3) is 11.1 Å². The number of ether oxygens (including phenoxy) is 2. The summed E-state index contributed by atoms with van der Waals surface area (Å²) in [6.45, 7) is 2.43. The Labute approximate surface area is 275 Å². The minimum Gasteiger partial charge on any atom is -0.496 e. The fourth-order valence-electron chi connectivity index (χ4n) is 7.43. The number of aliphatic hydroxyl groups excluding tert-OH is 1. The van der Waals surface area contributed by atoms with Crippen molar-refractivity contribution in [3.8, 4) is 16.9 Å². The molecule has 1 unspecified atom stereocenters. The Balaban J connectivity index is 1.14. The van der Waals surface area contributed by atoms with Crippen LogP contribution in [0.15, 0.2) is 48.9 Å². The highest BCUT2D eigenvalue weighted by Gasteiger charge is 2.36. The molecule has 3 fully saturated rings. The number of methoxy groups -OCH3 is 1. The van der Waals surface area contributed by atoms with Crippen LogP contribution in [0, 0.1) is 18.8 Å². The molecule has 47 heavy (non-hydrogen) atoms. The summed E-state index contributed by atoms with van der Waals surface area (Å²) in [7, 11) is 1.70. The van der Waals surface area contributed by atoms with Crippen molar-refractivity contribution in [3.05, 3.63) is 65.7 Å². The number of halogens is 1. The van der Waals surface area contributed by atoms with E-state index in [4.69, 9.17) is 14.5 Å². The molecule has 2 N–H and O–H groups in total. The van der Waals surface area contributed by atoms with Crippen LogP contribution in [0.2, 0.25) is 0 Å². The van der Waals surface area contributed by atoms with E-state index in [9.17, 15) is 19.1 Å².